The van der Waals surface area contributed by atoms with E-state index >= 15 is 0 Å². The molecule has 0 bridgehead atoms. The lowest BCUT2D eigenvalue weighted by molar-refractivity contribution is -0.222. The number of rotatable bonds is 5. The molecule has 0 radical (unpaired) electrons. The molecule has 0 unspecified atom stereocenters. The predicted molar refractivity (Wildman–Crippen MR) is 36.3 cm³/mol. The second-order valence-electron chi connectivity index (χ2n) is 1.02. The molecule has 0 aromatic rings. The highest BCUT2D eigenvalue weighted by atomic mass is 33.1. The molecule has 0 fully saturated rings. The van der Waals surface area contributed by atoms with Gasteiger partial charge in [0.2, 0.25) is 0 Å². The number of hydrogen-bond acceptors (Lipinski definition) is 5. The third-order valence-corrected chi connectivity index (χ3v) is 2.24. The highest BCUT2D eigenvalue weighted by molar-refractivity contribution is 8.76. The highest BCUT2D eigenvalue weighted by Gasteiger charge is 1.95. The van der Waals surface area contributed by atoms with E-state index in [1.54, 1.807) is 0 Å². The lowest BCUT2D eigenvalue weighted by atomic mass is 10.8. The summed E-state index contributed by atoms with van der Waals surface area (Å²) in [5, 5.41) is 15.8. The minimum atomic E-state index is -0.870. The molecule has 0 rings (SSSR count). The Hall–Kier alpha value is 0.0900. The van der Waals surface area contributed by atoms with Gasteiger partial charge in [-0.05, 0) is 0 Å². The fraction of sp³-hybridized carbons (Fsp3) is 0.667. The molecule has 0 spiro atoms. The molecule has 0 saturated carbocycles. The van der Waals surface area contributed by atoms with Crippen molar-refractivity contribution in [1.82, 2.24) is 0 Å². The van der Waals surface area contributed by atoms with Crippen molar-refractivity contribution < 1.29 is 20.0 Å². The Morgan fingerprint density at radius 3 is 2.67 bits per heavy atom. The Morgan fingerprint density at radius 2 is 2.22 bits per heavy atom. The number of carbonyl (C=O) groups is 1. The van der Waals surface area contributed by atoms with E-state index in [1.807, 2.05) is 0 Å². The van der Waals surface area contributed by atoms with Crippen LogP contribution in [0.25, 0.3) is 0 Å². The van der Waals surface area contributed by atoms with E-state index < -0.39 is 5.97 Å². The fourth-order valence-electron chi connectivity index (χ4n) is 0.148. The van der Waals surface area contributed by atoms with Gasteiger partial charge in [-0.2, -0.15) is 0 Å². The second kappa shape index (κ2) is 6.21. The normalized spacial score (nSPS) is 9.44. The molecular weight excluding hydrogens is 164 g/mol. The summed E-state index contributed by atoms with van der Waals surface area (Å²) in [6.45, 7) is 0. The van der Waals surface area contributed by atoms with E-state index in [4.69, 9.17) is 10.4 Å². The standard InChI is InChI=1S/C3H6O4S2/c4-3(5)1-8-9-2-7-6/h6H,1-2H2,(H,4,5). The smallest absolute Gasteiger partial charge is 0.314 e. The van der Waals surface area contributed by atoms with Crippen LogP contribution in [0.5, 0.6) is 0 Å². The monoisotopic (exact) mass is 170 g/mol. The lowest BCUT2D eigenvalue weighted by Crippen LogP contribution is -1.96. The number of carboxylic acid groups (broad SMARTS) is 1. The molecule has 6 heteroatoms. The molecule has 0 amide bonds. The molecule has 0 aliphatic carbocycles. The summed E-state index contributed by atoms with van der Waals surface area (Å²) < 4.78 is 0. The highest BCUT2D eigenvalue weighted by Crippen LogP contribution is 2.19. The van der Waals surface area contributed by atoms with Gasteiger partial charge in [0.05, 0.1) is 0 Å². The molecule has 0 saturated heterocycles. The van der Waals surface area contributed by atoms with Crippen molar-refractivity contribution in [2.75, 3.05) is 11.7 Å². The third kappa shape index (κ3) is 8.09. The molecule has 0 aromatic carbocycles. The van der Waals surface area contributed by atoms with E-state index in [2.05, 4.69) is 4.89 Å². The van der Waals surface area contributed by atoms with Crippen LogP contribution in [0.3, 0.4) is 0 Å². The average Bonchev–Trinajstić information content (AvgIpc) is 1.80. The zero-order valence-corrected chi connectivity index (χ0v) is 6.07. The summed E-state index contributed by atoms with van der Waals surface area (Å²) in [7, 11) is 2.26. The Balaban J connectivity index is 2.83. The van der Waals surface area contributed by atoms with Crippen LogP contribution in [0.4, 0.5) is 0 Å². The summed E-state index contributed by atoms with van der Waals surface area (Å²) in [6, 6.07) is 0. The van der Waals surface area contributed by atoms with Crippen molar-refractivity contribution >= 4 is 27.6 Å². The van der Waals surface area contributed by atoms with Gasteiger partial charge in [0.1, 0.15) is 11.7 Å². The maximum atomic E-state index is 9.82. The summed E-state index contributed by atoms with van der Waals surface area (Å²) in [6.07, 6.45) is 0. The van der Waals surface area contributed by atoms with Gasteiger partial charge in [-0.3, -0.25) is 10.1 Å². The Morgan fingerprint density at radius 1 is 1.56 bits per heavy atom. The van der Waals surface area contributed by atoms with Crippen LogP contribution in [-0.4, -0.2) is 28.0 Å². The van der Waals surface area contributed by atoms with E-state index in [1.165, 1.54) is 0 Å². The van der Waals surface area contributed by atoms with Crippen LogP contribution < -0.4 is 0 Å². The molecule has 4 nitrogen and oxygen atoms in total. The van der Waals surface area contributed by atoms with E-state index in [0.29, 0.717) is 0 Å². The van der Waals surface area contributed by atoms with Crippen molar-refractivity contribution in [2.24, 2.45) is 0 Å². The number of aliphatic carboxylic acids is 1. The maximum Gasteiger partial charge on any atom is 0.314 e. The zero-order chi connectivity index (χ0) is 7.11. The minimum absolute atomic E-state index is 0.0219. The van der Waals surface area contributed by atoms with Gasteiger partial charge in [0.15, 0.2) is 0 Å². The SMILES string of the molecule is O=C(O)CSSCOO. The summed E-state index contributed by atoms with van der Waals surface area (Å²) in [5.41, 5.74) is 0. The molecule has 2 N–H and O–H groups in total. The Bertz CT molecular complexity index is 85.9. The molecule has 0 aliphatic heterocycles. The van der Waals surface area contributed by atoms with Gasteiger partial charge >= 0.3 is 5.97 Å². The van der Waals surface area contributed by atoms with Crippen molar-refractivity contribution in [1.29, 1.82) is 0 Å². The van der Waals surface area contributed by atoms with Gasteiger partial charge < -0.3 is 5.11 Å². The molecule has 54 valence electrons. The molecular formula is C3H6O4S2. The van der Waals surface area contributed by atoms with Crippen molar-refractivity contribution in [3.8, 4) is 0 Å². The van der Waals surface area contributed by atoms with Crippen LogP contribution in [0, 0.1) is 0 Å². The second-order valence-corrected chi connectivity index (χ2v) is 3.43. The number of hydrogen-bond donors (Lipinski definition) is 2. The first-order valence-corrected chi connectivity index (χ1v) is 4.48. The van der Waals surface area contributed by atoms with Gasteiger partial charge in [0, 0.05) is 0 Å². The third-order valence-electron chi connectivity index (χ3n) is 0.367. The largest absolute Gasteiger partial charge is 0.481 e. The average molecular weight is 170 g/mol. The predicted octanol–water partition coefficient (Wildman–Crippen LogP) is 0.899. The summed E-state index contributed by atoms with van der Waals surface area (Å²) in [4.78, 5) is 13.5. The van der Waals surface area contributed by atoms with Crippen LogP contribution in [0.1, 0.15) is 0 Å². The maximum absolute atomic E-state index is 9.82. The van der Waals surface area contributed by atoms with Gasteiger partial charge in [0.25, 0.3) is 0 Å². The lowest BCUT2D eigenvalue weighted by Gasteiger charge is -1.92. The fourth-order valence-corrected chi connectivity index (χ4v) is 1.33. The van der Waals surface area contributed by atoms with E-state index in [9.17, 15) is 4.79 Å². The Kier molecular flexibility index (Phi) is 6.28. The minimum Gasteiger partial charge on any atom is -0.481 e. The topological polar surface area (TPSA) is 66.8 Å². The molecule has 9 heavy (non-hydrogen) atoms. The molecule has 0 aliphatic rings. The van der Waals surface area contributed by atoms with Crippen molar-refractivity contribution in [3.63, 3.8) is 0 Å². The van der Waals surface area contributed by atoms with E-state index in [-0.39, 0.29) is 11.7 Å². The van der Waals surface area contributed by atoms with Gasteiger partial charge in [-0.25, -0.2) is 4.89 Å². The van der Waals surface area contributed by atoms with Crippen LogP contribution in [0.2, 0.25) is 0 Å². The summed E-state index contributed by atoms with van der Waals surface area (Å²) in [5.74, 6) is -0.753. The van der Waals surface area contributed by atoms with Crippen molar-refractivity contribution in [2.45, 2.75) is 0 Å². The van der Waals surface area contributed by atoms with E-state index in [0.717, 1.165) is 21.6 Å². The van der Waals surface area contributed by atoms with Gasteiger partial charge in [-0.15, -0.1) is 0 Å². The quantitative estimate of drug-likeness (QED) is 0.210. The first-order chi connectivity index (χ1) is 4.27. The first kappa shape index (κ1) is 9.09. The Labute approximate surface area is 59.9 Å². The first-order valence-electron chi connectivity index (χ1n) is 2.00. The number of carboxylic acids is 1. The van der Waals surface area contributed by atoms with Crippen LogP contribution in [-0.2, 0) is 9.68 Å². The van der Waals surface area contributed by atoms with Gasteiger partial charge in [-0.1, -0.05) is 21.6 Å². The molecule has 0 aromatic heterocycles. The summed E-state index contributed by atoms with van der Waals surface area (Å²) >= 11 is 0. The molecule has 0 atom stereocenters. The molecule has 0 heterocycles. The zero-order valence-electron chi connectivity index (χ0n) is 4.44. The van der Waals surface area contributed by atoms with Crippen molar-refractivity contribution in [3.05, 3.63) is 0 Å². The van der Waals surface area contributed by atoms with Crippen LogP contribution in [0.15, 0.2) is 0 Å². The van der Waals surface area contributed by atoms with Crippen LogP contribution >= 0.6 is 21.6 Å².